The summed E-state index contributed by atoms with van der Waals surface area (Å²) in [6.45, 7) is 1.64. The van der Waals surface area contributed by atoms with Gasteiger partial charge in [0, 0.05) is 6.07 Å². The van der Waals surface area contributed by atoms with Crippen molar-refractivity contribution in [3.8, 4) is 5.75 Å². The maximum Gasteiger partial charge on any atom is 0.313 e. The number of nitrogens with one attached hydrogen (secondary N) is 1. The Morgan fingerprint density at radius 3 is 2.79 bits per heavy atom. The van der Waals surface area contributed by atoms with Gasteiger partial charge in [-0.25, -0.2) is 0 Å². The second-order valence-corrected chi connectivity index (χ2v) is 3.76. The largest absolute Gasteiger partial charge is 0.505 e. The summed E-state index contributed by atoms with van der Waals surface area (Å²) in [4.78, 5) is 21.1. The van der Waals surface area contributed by atoms with Crippen molar-refractivity contribution in [2.45, 2.75) is 13.0 Å². The quantitative estimate of drug-likeness (QED) is 0.484. The third-order valence-electron chi connectivity index (χ3n) is 2.43. The van der Waals surface area contributed by atoms with E-state index in [2.05, 4.69) is 20.8 Å². The second kappa shape index (κ2) is 4.80. The molecule has 9 nitrogen and oxygen atoms in total. The summed E-state index contributed by atoms with van der Waals surface area (Å²) >= 11 is 0. The summed E-state index contributed by atoms with van der Waals surface area (Å²) in [7, 11) is 0. The molecule has 1 aliphatic heterocycles. The van der Waals surface area contributed by atoms with Crippen LogP contribution in [0.5, 0.6) is 5.75 Å². The maximum absolute atomic E-state index is 11.3. The minimum Gasteiger partial charge on any atom is -0.505 e. The van der Waals surface area contributed by atoms with E-state index in [4.69, 9.17) is 0 Å². The van der Waals surface area contributed by atoms with Crippen LogP contribution in [0.4, 0.5) is 11.4 Å². The molecule has 1 aromatic carbocycles. The molecule has 0 bridgehead atoms. The molecule has 0 aromatic heterocycles. The number of azo groups is 1. The molecule has 1 amide bonds. The SMILES string of the molecule is CC1N=NC(=O)C1=NNc1ccc([N+](=O)[O-])cc1O. The predicted molar refractivity (Wildman–Crippen MR) is 65.1 cm³/mol. The highest BCUT2D eigenvalue weighted by Crippen LogP contribution is 2.27. The van der Waals surface area contributed by atoms with Crippen LogP contribution >= 0.6 is 0 Å². The van der Waals surface area contributed by atoms with E-state index in [-0.39, 0.29) is 22.8 Å². The van der Waals surface area contributed by atoms with E-state index in [1.54, 1.807) is 6.92 Å². The summed E-state index contributed by atoms with van der Waals surface area (Å²) in [5.74, 6) is -0.896. The highest BCUT2D eigenvalue weighted by molar-refractivity contribution is 6.42. The topological polar surface area (TPSA) is 130 Å². The number of nitro benzene ring substituents is 1. The number of aromatic hydroxyl groups is 1. The Morgan fingerprint density at radius 1 is 1.53 bits per heavy atom. The minimum absolute atomic E-state index is 0.109. The summed E-state index contributed by atoms with van der Waals surface area (Å²) < 4.78 is 0. The number of amides is 1. The van der Waals surface area contributed by atoms with Gasteiger partial charge in [-0.05, 0) is 13.0 Å². The van der Waals surface area contributed by atoms with Crippen LogP contribution in [0.2, 0.25) is 0 Å². The number of carbonyl (C=O) groups excluding carboxylic acids is 1. The number of carbonyl (C=O) groups is 1. The number of phenolic OH excluding ortho intramolecular Hbond substituents is 1. The zero-order valence-electron chi connectivity index (χ0n) is 9.77. The van der Waals surface area contributed by atoms with Gasteiger partial charge in [0.1, 0.15) is 11.8 Å². The van der Waals surface area contributed by atoms with Gasteiger partial charge in [0.25, 0.3) is 5.69 Å². The second-order valence-electron chi connectivity index (χ2n) is 3.76. The predicted octanol–water partition coefficient (Wildman–Crippen LogP) is 1.45. The number of phenols is 1. The number of hydrazone groups is 1. The molecule has 1 atom stereocenters. The molecule has 0 saturated carbocycles. The Bertz CT molecular complexity index is 610. The number of nitro groups is 1. The summed E-state index contributed by atoms with van der Waals surface area (Å²) in [6.07, 6.45) is 0. The van der Waals surface area contributed by atoms with E-state index in [0.717, 1.165) is 6.07 Å². The fourth-order valence-corrected chi connectivity index (χ4v) is 1.41. The van der Waals surface area contributed by atoms with Crippen molar-refractivity contribution >= 4 is 23.0 Å². The van der Waals surface area contributed by atoms with Crippen LogP contribution in [-0.4, -0.2) is 27.7 Å². The fourth-order valence-electron chi connectivity index (χ4n) is 1.41. The third kappa shape index (κ3) is 2.54. The molecular weight excluding hydrogens is 254 g/mol. The van der Waals surface area contributed by atoms with Crippen molar-refractivity contribution < 1.29 is 14.8 Å². The smallest absolute Gasteiger partial charge is 0.313 e. The first-order chi connectivity index (χ1) is 8.99. The summed E-state index contributed by atoms with van der Waals surface area (Å²) in [5.41, 5.74) is 2.46. The molecule has 0 fully saturated rings. The fraction of sp³-hybridized carbons (Fsp3) is 0.200. The van der Waals surface area contributed by atoms with Gasteiger partial charge < -0.3 is 5.11 Å². The number of benzene rings is 1. The van der Waals surface area contributed by atoms with Gasteiger partial charge in [0.05, 0.1) is 16.7 Å². The van der Waals surface area contributed by atoms with Crippen molar-refractivity contribution in [2.75, 3.05) is 5.43 Å². The van der Waals surface area contributed by atoms with Gasteiger partial charge in [-0.3, -0.25) is 20.3 Å². The highest BCUT2D eigenvalue weighted by atomic mass is 16.6. The number of rotatable bonds is 3. The summed E-state index contributed by atoms with van der Waals surface area (Å²) in [6, 6.07) is 3.02. The molecule has 2 N–H and O–H groups in total. The third-order valence-corrected chi connectivity index (χ3v) is 2.43. The Kier molecular flexibility index (Phi) is 3.19. The Balaban J connectivity index is 2.19. The lowest BCUT2D eigenvalue weighted by Crippen LogP contribution is -2.18. The van der Waals surface area contributed by atoms with Crippen LogP contribution in [0, 0.1) is 10.1 Å². The molecule has 98 valence electrons. The van der Waals surface area contributed by atoms with Crippen molar-refractivity contribution in [1.82, 2.24) is 0 Å². The van der Waals surface area contributed by atoms with Gasteiger partial charge in [-0.1, -0.05) is 0 Å². The number of nitrogens with zero attached hydrogens (tertiary/aromatic N) is 4. The molecule has 1 unspecified atom stereocenters. The van der Waals surface area contributed by atoms with E-state index in [0.29, 0.717) is 0 Å². The van der Waals surface area contributed by atoms with E-state index >= 15 is 0 Å². The highest BCUT2D eigenvalue weighted by Gasteiger charge is 2.25. The van der Waals surface area contributed by atoms with Gasteiger partial charge in [0.2, 0.25) is 0 Å². The van der Waals surface area contributed by atoms with Gasteiger partial charge >= 0.3 is 5.91 Å². The van der Waals surface area contributed by atoms with Crippen LogP contribution in [0.25, 0.3) is 0 Å². The summed E-state index contributed by atoms with van der Waals surface area (Å²) in [5, 5.41) is 30.8. The van der Waals surface area contributed by atoms with Gasteiger partial charge in [-0.15, -0.1) is 5.11 Å². The van der Waals surface area contributed by atoms with Crippen molar-refractivity contribution in [3.05, 3.63) is 28.3 Å². The molecule has 1 aromatic rings. The molecule has 0 aliphatic carbocycles. The monoisotopic (exact) mass is 263 g/mol. The van der Waals surface area contributed by atoms with E-state index in [1.807, 2.05) is 0 Å². The van der Waals surface area contributed by atoms with Gasteiger partial charge in [-0.2, -0.15) is 10.2 Å². The number of hydrogen-bond donors (Lipinski definition) is 2. The molecule has 2 rings (SSSR count). The Labute approximate surface area is 106 Å². The van der Waals surface area contributed by atoms with Crippen LogP contribution in [0.3, 0.4) is 0 Å². The molecule has 0 radical (unpaired) electrons. The maximum atomic E-state index is 11.3. The number of non-ortho nitro benzene ring substituents is 1. The zero-order valence-corrected chi connectivity index (χ0v) is 9.77. The van der Waals surface area contributed by atoms with Crippen molar-refractivity contribution in [1.29, 1.82) is 0 Å². The van der Waals surface area contributed by atoms with Crippen LogP contribution < -0.4 is 5.43 Å². The number of hydrogen-bond acceptors (Lipinski definition) is 7. The standard InChI is InChI=1S/C10H9N5O4/c1-5-9(10(17)14-11-5)13-12-7-3-2-6(15(18)19)4-8(7)16/h2-5,12,16H,1H3. The molecule has 0 spiro atoms. The van der Waals surface area contributed by atoms with Crippen LogP contribution in [0.15, 0.2) is 33.5 Å². The molecule has 9 heteroatoms. The van der Waals surface area contributed by atoms with E-state index in [1.165, 1.54) is 12.1 Å². The molecule has 19 heavy (non-hydrogen) atoms. The lowest BCUT2D eigenvalue weighted by molar-refractivity contribution is -0.384. The molecular formula is C10H9N5O4. The van der Waals surface area contributed by atoms with Crippen LogP contribution in [0.1, 0.15) is 6.92 Å². The van der Waals surface area contributed by atoms with E-state index < -0.39 is 16.9 Å². The molecule has 1 aliphatic rings. The Hall–Kier alpha value is -2.84. The minimum atomic E-state index is -0.629. The van der Waals surface area contributed by atoms with Crippen LogP contribution in [-0.2, 0) is 4.79 Å². The molecule has 0 saturated heterocycles. The number of anilines is 1. The Morgan fingerprint density at radius 2 is 2.26 bits per heavy atom. The average Bonchev–Trinajstić information content (AvgIpc) is 2.68. The van der Waals surface area contributed by atoms with E-state index in [9.17, 15) is 20.0 Å². The first-order valence-electron chi connectivity index (χ1n) is 5.25. The first-order valence-corrected chi connectivity index (χ1v) is 5.25. The zero-order chi connectivity index (χ0) is 14.0. The lowest BCUT2D eigenvalue weighted by atomic mass is 10.2. The van der Waals surface area contributed by atoms with Crippen molar-refractivity contribution in [2.24, 2.45) is 15.3 Å². The lowest BCUT2D eigenvalue weighted by Gasteiger charge is -2.04. The van der Waals surface area contributed by atoms with Crippen molar-refractivity contribution in [3.63, 3.8) is 0 Å². The van der Waals surface area contributed by atoms with Gasteiger partial charge in [0.15, 0.2) is 5.71 Å². The molecule has 1 heterocycles. The average molecular weight is 263 g/mol. The normalized spacial score (nSPS) is 19.9. The first kappa shape index (κ1) is 12.6.